The highest BCUT2D eigenvalue weighted by Gasteiger charge is 2.31. The predicted octanol–water partition coefficient (Wildman–Crippen LogP) is 1.52. The molecule has 1 aliphatic rings. The molecule has 2 atom stereocenters. The minimum Gasteiger partial charge on any atom is -0.394 e. The second kappa shape index (κ2) is 7.47. The molecule has 7 heteroatoms. The van der Waals surface area contributed by atoms with Crippen molar-refractivity contribution < 1.29 is 14.7 Å². The van der Waals surface area contributed by atoms with Crippen molar-refractivity contribution in [2.24, 2.45) is 0 Å². The van der Waals surface area contributed by atoms with Crippen LogP contribution in [-0.2, 0) is 4.79 Å². The van der Waals surface area contributed by atoms with E-state index in [9.17, 15) is 9.59 Å². The zero-order valence-corrected chi connectivity index (χ0v) is 13.1. The maximum absolute atomic E-state index is 12.1. The molecule has 0 aromatic heterocycles. The molecule has 1 aromatic carbocycles. The highest BCUT2D eigenvalue weighted by molar-refractivity contribution is 6.30. The predicted molar refractivity (Wildman–Crippen MR) is 85.0 cm³/mol. The highest BCUT2D eigenvalue weighted by atomic mass is 35.5. The van der Waals surface area contributed by atoms with Crippen molar-refractivity contribution in [1.82, 2.24) is 10.6 Å². The van der Waals surface area contributed by atoms with Crippen LogP contribution in [0.25, 0.3) is 0 Å². The van der Waals surface area contributed by atoms with Crippen molar-refractivity contribution in [3.63, 3.8) is 0 Å². The van der Waals surface area contributed by atoms with Crippen LogP contribution in [0.2, 0.25) is 5.02 Å². The standard InChI is InChI=1S/C15H20ClN3O3/c1-2-11(9-20)17-15(22)18-12-7-14(21)19(8-12)13-5-3-10(16)4-6-13/h3-6,11-12,20H,2,7-9H2,1H3,(H2,17,18,22)/t11-,12+/m0/s1. The number of carbonyl (C=O) groups excluding carboxylic acids is 2. The van der Waals surface area contributed by atoms with Gasteiger partial charge in [0.15, 0.2) is 0 Å². The van der Waals surface area contributed by atoms with Gasteiger partial charge in [-0.25, -0.2) is 4.79 Å². The molecule has 0 saturated carbocycles. The maximum atomic E-state index is 12.1. The number of urea groups is 1. The summed E-state index contributed by atoms with van der Waals surface area (Å²) in [5.41, 5.74) is 0.765. The van der Waals surface area contributed by atoms with Gasteiger partial charge in [0.25, 0.3) is 0 Å². The first-order chi connectivity index (χ1) is 10.5. The van der Waals surface area contributed by atoms with Crippen molar-refractivity contribution in [3.05, 3.63) is 29.3 Å². The Hall–Kier alpha value is -1.79. The number of benzene rings is 1. The van der Waals surface area contributed by atoms with Gasteiger partial charge in [0.2, 0.25) is 5.91 Å². The largest absolute Gasteiger partial charge is 0.394 e. The number of amides is 3. The molecule has 1 heterocycles. The Kier molecular flexibility index (Phi) is 5.63. The minimum absolute atomic E-state index is 0.0400. The van der Waals surface area contributed by atoms with Crippen molar-refractivity contribution in [1.29, 1.82) is 0 Å². The van der Waals surface area contributed by atoms with E-state index in [1.807, 2.05) is 6.92 Å². The fourth-order valence-electron chi connectivity index (χ4n) is 2.36. The molecule has 0 spiro atoms. The Balaban J connectivity index is 1.92. The Morgan fingerprint density at radius 2 is 2.14 bits per heavy atom. The Morgan fingerprint density at radius 1 is 1.45 bits per heavy atom. The molecule has 0 bridgehead atoms. The molecule has 1 aliphatic heterocycles. The first kappa shape index (κ1) is 16.6. The Morgan fingerprint density at radius 3 is 2.73 bits per heavy atom. The first-order valence-corrected chi connectivity index (χ1v) is 7.65. The van der Waals surface area contributed by atoms with Crippen LogP contribution in [0.4, 0.5) is 10.5 Å². The fourth-order valence-corrected chi connectivity index (χ4v) is 2.49. The quantitative estimate of drug-likeness (QED) is 0.767. The average molecular weight is 326 g/mol. The van der Waals surface area contributed by atoms with Gasteiger partial charge in [-0.1, -0.05) is 18.5 Å². The van der Waals surface area contributed by atoms with E-state index in [0.29, 0.717) is 18.0 Å². The summed E-state index contributed by atoms with van der Waals surface area (Å²) < 4.78 is 0. The number of rotatable bonds is 5. The summed E-state index contributed by atoms with van der Waals surface area (Å²) in [6.45, 7) is 2.19. The lowest BCUT2D eigenvalue weighted by Gasteiger charge is -2.19. The lowest BCUT2D eigenvalue weighted by atomic mass is 10.2. The monoisotopic (exact) mass is 325 g/mol. The summed E-state index contributed by atoms with van der Waals surface area (Å²) >= 11 is 5.84. The van der Waals surface area contributed by atoms with Gasteiger partial charge >= 0.3 is 6.03 Å². The number of nitrogens with zero attached hydrogens (tertiary/aromatic N) is 1. The molecule has 1 fully saturated rings. The number of aliphatic hydroxyl groups excluding tert-OH is 1. The molecular formula is C15H20ClN3O3. The van der Waals surface area contributed by atoms with Crippen LogP contribution in [0.5, 0.6) is 0 Å². The van der Waals surface area contributed by atoms with Crippen LogP contribution in [0, 0.1) is 0 Å². The van der Waals surface area contributed by atoms with Crippen LogP contribution < -0.4 is 15.5 Å². The van der Waals surface area contributed by atoms with E-state index in [0.717, 1.165) is 5.69 Å². The number of aliphatic hydroxyl groups is 1. The lowest BCUT2D eigenvalue weighted by molar-refractivity contribution is -0.117. The number of halogens is 1. The number of hydrogen-bond acceptors (Lipinski definition) is 3. The van der Waals surface area contributed by atoms with E-state index in [4.69, 9.17) is 16.7 Å². The Bertz CT molecular complexity index is 531. The fraction of sp³-hybridized carbons (Fsp3) is 0.467. The normalized spacial score (nSPS) is 19.1. The van der Waals surface area contributed by atoms with Crippen LogP contribution in [0.3, 0.4) is 0 Å². The summed E-state index contributed by atoms with van der Waals surface area (Å²) in [6, 6.07) is 6.12. The van der Waals surface area contributed by atoms with Gasteiger partial charge in [0, 0.05) is 23.7 Å². The van der Waals surface area contributed by atoms with Gasteiger partial charge in [-0.15, -0.1) is 0 Å². The molecule has 1 saturated heterocycles. The first-order valence-electron chi connectivity index (χ1n) is 7.27. The summed E-state index contributed by atoms with van der Waals surface area (Å²) in [5, 5.41) is 15.1. The summed E-state index contributed by atoms with van der Waals surface area (Å²) in [4.78, 5) is 25.5. The second-order valence-corrected chi connectivity index (χ2v) is 5.72. The van der Waals surface area contributed by atoms with E-state index in [1.165, 1.54) is 0 Å². The van der Waals surface area contributed by atoms with Gasteiger partial charge in [-0.3, -0.25) is 4.79 Å². The topological polar surface area (TPSA) is 81.7 Å². The zero-order valence-electron chi connectivity index (χ0n) is 12.4. The molecule has 0 radical (unpaired) electrons. The van der Waals surface area contributed by atoms with Crippen LogP contribution >= 0.6 is 11.6 Å². The summed E-state index contributed by atoms with van der Waals surface area (Å²) in [5.74, 6) is -0.0400. The third-order valence-electron chi connectivity index (χ3n) is 3.65. The van der Waals surface area contributed by atoms with Gasteiger partial charge in [0.05, 0.1) is 18.7 Å². The number of hydrogen-bond donors (Lipinski definition) is 3. The molecule has 3 N–H and O–H groups in total. The van der Waals surface area contributed by atoms with Crippen molar-refractivity contribution in [2.45, 2.75) is 31.8 Å². The molecule has 6 nitrogen and oxygen atoms in total. The van der Waals surface area contributed by atoms with Crippen molar-refractivity contribution in [3.8, 4) is 0 Å². The van der Waals surface area contributed by atoms with Crippen molar-refractivity contribution >= 4 is 29.2 Å². The van der Waals surface area contributed by atoms with Gasteiger partial charge in [-0.05, 0) is 30.7 Å². The van der Waals surface area contributed by atoms with Crippen LogP contribution in [0.1, 0.15) is 19.8 Å². The molecule has 1 aromatic rings. The Labute approximate surface area is 134 Å². The summed E-state index contributed by atoms with van der Waals surface area (Å²) in [6.07, 6.45) is 0.899. The number of anilines is 1. The third kappa shape index (κ3) is 4.11. The van der Waals surface area contributed by atoms with E-state index < -0.39 is 0 Å². The third-order valence-corrected chi connectivity index (χ3v) is 3.90. The van der Waals surface area contributed by atoms with Gasteiger partial charge in [0.1, 0.15) is 0 Å². The van der Waals surface area contributed by atoms with E-state index in [-0.39, 0.29) is 37.0 Å². The number of nitrogens with one attached hydrogen (secondary N) is 2. The molecule has 2 rings (SSSR count). The molecule has 0 unspecified atom stereocenters. The average Bonchev–Trinajstić information content (AvgIpc) is 2.86. The molecule has 22 heavy (non-hydrogen) atoms. The van der Waals surface area contributed by atoms with Crippen LogP contribution in [-0.4, -0.2) is 42.3 Å². The second-order valence-electron chi connectivity index (χ2n) is 5.29. The molecular weight excluding hydrogens is 306 g/mol. The van der Waals surface area contributed by atoms with E-state index in [2.05, 4.69) is 10.6 Å². The van der Waals surface area contributed by atoms with Gasteiger partial charge in [-0.2, -0.15) is 0 Å². The van der Waals surface area contributed by atoms with Gasteiger partial charge < -0.3 is 20.6 Å². The minimum atomic E-state index is -0.364. The zero-order chi connectivity index (χ0) is 16.1. The molecule has 3 amide bonds. The smallest absolute Gasteiger partial charge is 0.315 e. The lowest BCUT2D eigenvalue weighted by Crippen LogP contribution is -2.48. The molecule has 120 valence electrons. The maximum Gasteiger partial charge on any atom is 0.315 e. The van der Waals surface area contributed by atoms with E-state index >= 15 is 0 Å². The summed E-state index contributed by atoms with van der Waals surface area (Å²) in [7, 11) is 0. The SMILES string of the molecule is CC[C@@H](CO)NC(=O)N[C@@H]1CC(=O)N(c2ccc(Cl)cc2)C1. The highest BCUT2D eigenvalue weighted by Crippen LogP contribution is 2.23. The molecule has 0 aliphatic carbocycles. The van der Waals surface area contributed by atoms with Crippen LogP contribution in [0.15, 0.2) is 24.3 Å². The number of carbonyl (C=O) groups is 2. The van der Waals surface area contributed by atoms with E-state index in [1.54, 1.807) is 29.2 Å². The van der Waals surface area contributed by atoms with Crippen molar-refractivity contribution in [2.75, 3.05) is 18.1 Å².